The van der Waals surface area contributed by atoms with E-state index in [1.165, 1.54) is 18.8 Å². The van der Waals surface area contributed by atoms with Crippen molar-refractivity contribution in [1.29, 1.82) is 0 Å². The Kier molecular flexibility index (Phi) is 596. The van der Waals surface area contributed by atoms with Gasteiger partial charge in [-0.25, -0.2) is 5.62 Å². The number of aliphatic hydroxyl groups is 2. The van der Waals surface area contributed by atoms with Gasteiger partial charge in [-0.05, 0) is 0 Å². The summed E-state index contributed by atoms with van der Waals surface area (Å²) in [7, 11) is 0. The smallest absolute Gasteiger partial charge is 0 e. The van der Waals surface area contributed by atoms with E-state index in [0.717, 1.165) is 0 Å². The summed E-state index contributed by atoms with van der Waals surface area (Å²) in [5, 5.41) is 20.8. The molecule has 0 saturated carbocycles. The predicted molar refractivity (Wildman–Crippen MR) is 54.9 cm³/mol. The van der Waals surface area contributed by atoms with Crippen LogP contribution in [0, 0.1) is 6.79 Å². The summed E-state index contributed by atoms with van der Waals surface area (Å²) in [5.74, 6) is 0. The van der Waals surface area contributed by atoms with E-state index in [1.807, 2.05) is 0 Å². The zero-order valence-corrected chi connectivity index (χ0v) is 29.3. The van der Waals surface area contributed by atoms with Crippen molar-refractivity contribution < 1.29 is 231 Å². The maximum atomic E-state index is 8.68. The Morgan fingerprint density at radius 1 is 0.900 bits per heavy atom. The minimum absolute atomic E-state index is 0. The standard InChI is InChI=1S/C2H3O.CH3O2.CHO2.CHOS.H2O.H2S.6Y/c1-2-3;3*2-1-3;;;;;;;;/h1H3;1-3H;2*(H,2,3);2*1H2;;;;;;/q4*-1;;;;;;;;/p-1. The van der Waals surface area contributed by atoms with Gasteiger partial charge >= 0.3 is 0 Å². The normalized spacial score (nSPS) is 2.80. The summed E-state index contributed by atoms with van der Waals surface area (Å²) >= 11 is 2.98. The molecule has 0 unspecified atom stereocenters. The molecule has 0 aliphatic carbocycles. The number of carbonyl (C=O) groups excluding carboxylic acids is 2. The Morgan fingerprint density at radius 3 is 0.900 bits per heavy atom. The van der Waals surface area contributed by atoms with E-state index in [4.69, 9.17) is 29.7 Å². The molecule has 0 spiro atoms. The summed E-state index contributed by atoms with van der Waals surface area (Å²) in [6.45, 7) is 1.82. The topological polar surface area (TPSA) is 143 Å². The van der Waals surface area contributed by atoms with E-state index < -0.39 is 0 Å². The molecule has 6 radical (unpaired) electrons. The van der Waals surface area contributed by atoms with Crippen LogP contribution in [0.15, 0.2) is 0 Å². The van der Waals surface area contributed by atoms with Gasteiger partial charge in [0.2, 0.25) is 0 Å². The van der Waals surface area contributed by atoms with Crippen LogP contribution in [0.1, 0.15) is 6.92 Å². The van der Waals surface area contributed by atoms with Crippen molar-refractivity contribution in [3.05, 3.63) is 6.79 Å². The molecule has 108 valence electrons. The summed E-state index contributed by atoms with van der Waals surface area (Å²) in [6, 6.07) is 0. The van der Waals surface area contributed by atoms with E-state index in [1.54, 1.807) is 0 Å². The third kappa shape index (κ3) is 352. The Hall–Kier alpha value is 6.01. The molecule has 0 saturated heterocycles. The Bertz CT molecular complexity index is 83.8. The first-order valence-electron chi connectivity index (χ1n) is 2.08. The first-order valence-corrected chi connectivity index (χ1v) is 2.52. The number of hydrogen-bond donors (Lipinski definition) is 4. The van der Waals surface area contributed by atoms with Crippen molar-refractivity contribution >= 4 is 44.5 Å². The van der Waals surface area contributed by atoms with Crippen molar-refractivity contribution in [2.75, 3.05) is 0 Å². The second-order valence-electron chi connectivity index (χ2n) is 0.502. The molecule has 0 aromatic carbocycles. The molecule has 0 aliphatic heterocycles. The molecule has 15 heteroatoms. The average molecular weight is 781 g/mol. The molecule has 0 rings (SSSR count). The van der Waals surface area contributed by atoms with Crippen LogP contribution >= 0.6 is 12.6 Å². The molecule has 0 atom stereocenters. The first kappa shape index (κ1) is 82.9. The maximum absolute atomic E-state index is 8.68. The molecule has 0 aromatic rings. The van der Waals surface area contributed by atoms with E-state index >= 15 is 0 Å². The van der Waals surface area contributed by atoms with Crippen molar-refractivity contribution in [3.8, 4) is 0 Å². The van der Waals surface area contributed by atoms with Gasteiger partial charge < -0.3 is 61.3 Å². The van der Waals surface area contributed by atoms with Crippen LogP contribution < -0.4 is 0 Å². The van der Waals surface area contributed by atoms with Gasteiger partial charge in [0.15, 0.2) is 0 Å². The van der Waals surface area contributed by atoms with Crippen molar-refractivity contribution in [1.82, 2.24) is 0 Å². The zero-order valence-electron chi connectivity index (χ0n) is 10.5. The average Bonchev–Trinajstić information content (AvgIpc) is 1.92. The molecule has 0 bridgehead atoms. The minimum Gasteiger partial charge on any atom is -0.813 e. The largest absolute Gasteiger partial charge is 0.813 e. The van der Waals surface area contributed by atoms with E-state index in [2.05, 4.69) is 12.6 Å². The molecule has 20 heavy (non-hydrogen) atoms. The molecule has 0 heterocycles. The van der Waals surface area contributed by atoms with Crippen molar-refractivity contribution in [3.63, 3.8) is 0 Å². The van der Waals surface area contributed by atoms with Gasteiger partial charge in [-0.1, -0.05) is 6.47 Å². The predicted octanol–water partition coefficient (Wildman–Crippen LogP) is -1.55. The quantitative estimate of drug-likeness (QED) is 0.133. The van der Waals surface area contributed by atoms with Crippen molar-refractivity contribution in [2.24, 2.45) is 0 Å². The fourth-order valence-corrected chi connectivity index (χ4v) is 0. The monoisotopic (exact) mass is 780 g/mol. The van der Waals surface area contributed by atoms with Gasteiger partial charge in [-0.2, -0.15) is 6.92 Å². The second kappa shape index (κ2) is 144. The number of thiol groups is 2. The van der Waals surface area contributed by atoms with E-state index in [9.17, 15) is 0 Å². The van der Waals surface area contributed by atoms with Crippen LogP contribution in [0.3, 0.4) is 0 Å². The van der Waals surface area contributed by atoms with Crippen LogP contribution in [0.25, 0.3) is 0 Å². The molecular formula is C5H11O7S2Y6-5. The summed E-state index contributed by atoms with van der Waals surface area (Å²) in [4.78, 5) is 25.5. The van der Waals surface area contributed by atoms with Crippen LogP contribution in [0.5, 0.6) is 0 Å². The molecule has 0 aromatic heterocycles. The van der Waals surface area contributed by atoms with Crippen LogP contribution in [0.2, 0.25) is 0 Å². The van der Waals surface area contributed by atoms with Gasteiger partial charge in [0.25, 0.3) is 0 Å². The minimum atomic E-state index is 0. The Labute approximate surface area is 282 Å². The Balaban J connectivity index is -0.00000000376. The summed E-state index contributed by atoms with van der Waals surface area (Å²) in [6.07, 6.45) is 1.50. The molecule has 7 nitrogen and oxygen atoms in total. The Morgan fingerprint density at radius 2 is 0.900 bits per heavy atom. The third-order valence-corrected chi connectivity index (χ3v) is 0. The second-order valence-corrected chi connectivity index (χ2v) is 0.685. The van der Waals surface area contributed by atoms with Crippen molar-refractivity contribution in [2.45, 2.75) is 6.92 Å². The van der Waals surface area contributed by atoms with Gasteiger partial charge in [-0.3, -0.25) is 6.29 Å². The molecule has 0 aliphatic rings. The molecule has 0 fully saturated rings. The summed E-state index contributed by atoms with van der Waals surface area (Å²) in [5.41, 5.74) is 1.19. The zero-order chi connectivity index (χ0) is 10.8. The number of aliphatic hydroxyl groups excluding tert-OH is 2. The van der Waals surface area contributed by atoms with Gasteiger partial charge in [0, 0.05) is 196 Å². The SMILES string of the molecule is C[C-]=O.O.O=[C-]O.O=[C-]S.O[CH-]O.[SH-].[Y].[Y].[Y].[Y].[Y].[Y]. The van der Waals surface area contributed by atoms with Crippen LogP contribution in [0.4, 0.5) is 0 Å². The maximum Gasteiger partial charge on any atom is 0 e. The van der Waals surface area contributed by atoms with Gasteiger partial charge in [0.1, 0.15) is 0 Å². The summed E-state index contributed by atoms with van der Waals surface area (Å²) < 4.78 is 0. The fraction of sp³-hybridized carbons (Fsp3) is 0.200. The van der Waals surface area contributed by atoms with Crippen LogP contribution in [-0.4, -0.2) is 39.2 Å². The van der Waals surface area contributed by atoms with Crippen LogP contribution in [-0.2, 0) is 224 Å². The third-order valence-electron chi connectivity index (χ3n) is 0. The first-order chi connectivity index (χ1) is 5.66. The molecule has 5 N–H and O–H groups in total. The van der Waals surface area contributed by atoms with E-state index in [-0.39, 0.29) is 222 Å². The fourth-order valence-electron chi connectivity index (χ4n) is 0. The molecular weight excluding hydrogens is 770 g/mol. The van der Waals surface area contributed by atoms with E-state index in [0.29, 0.717) is 6.47 Å². The molecule has 0 amide bonds. The van der Waals surface area contributed by atoms with Gasteiger partial charge in [0.05, 0.1) is 0 Å². The number of rotatable bonds is 0. The van der Waals surface area contributed by atoms with Gasteiger partial charge in [-0.15, -0.1) is 6.79 Å². The number of hydrogen-bond acceptors (Lipinski definition) is 6.